The number of nitrogens with one attached hydrogen (secondary N) is 2. The van der Waals surface area contributed by atoms with E-state index in [0.717, 1.165) is 41.5 Å². The second-order valence-electron chi connectivity index (χ2n) is 19.8. The molecule has 1 aliphatic rings. The zero-order valence-corrected chi connectivity index (χ0v) is 49.3. The molecule has 0 atom stereocenters. The van der Waals surface area contributed by atoms with Crippen molar-refractivity contribution in [3.63, 3.8) is 0 Å². The Morgan fingerprint density at radius 3 is 0.690 bits per heavy atom. The molecule has 2 N–H and O–H groups in total. The van der Waals surface area contributed by atoms with Crippen LogP contribution in [0, 0.1) is 0 Å². The van der Waals surface area contributed by atoms with Crippen LogP contribution < -0.4 is 50.8 Å². The van der Waals surface area contributed by atoms with Gasteiger partial charge in [-0.25, -0.2) is 0 Å². The Balaban J connectivity index is 1.18. The third kappa shape index (κ3) is 10.8. The van der Waals surface area contributed by atoms with Crippen molar-refractivity contribution >= 4 is 90.4 Å². The Hall–Kier alpha value is -9.02. The Kier molecular flexibility index (Phi) is 15.8. The van der Waals surface area contributed by atoms with Crippen molar-refractivity contribution in [3.8, 4) is 34.0 Å². The fourth-order valence-electron chi connectivity index (χ4n) is 10.7. The van der Waals surface area contributed by atoms with Crippen molar-refractivity contribution in [3.05, 3.63) is 316 Å². The molecule has 2 aromatic heterocycles. The molecule has 3 heterocycles. The molecule has 408 valence electrons. The Morgan fingerprint density at radius 2 is 0.476 bits per heavy atom. The van der Waals surface area contributed by atoms with E-state index < -0.39 is 48.9 Å². The number of benzene rings is 10. The number of nitrogens with zero attached hydrogens (tertiary/aromatic N) is 2. The molecule has 1 fully saturated rings. The first-order chi connectivity index (χ1) is 41.5. The molecule has 0 bridgehead atoms. The number of hydrogen-bond acceptors (Lipinski definition) is 10. The van der Waals surface area contributed by atoms with E-state index in [-0.39, 0.29) is 0 Å². The minimum absolute atomic E-state index is 0.426. The highest BCUT2D eigenvalue weighted by Crippen LogP contribution is 2.35. The lowest BCUT2D eigenvalue weighted by Gasteiger charge is -2.47. The van der Waals surface area contributed by atoms with Crippen molar-refractivity contribution in [1.29, 1.82) is 0 Å². The van der Waals surface area contributed by atoms with Gasteiger partial charge in [-0.1, -0.05) is 267 Å². The third-order valence-electron chi connectivity index (χ3n) is 14.6. The largest absolute Gasteiger partial charge is 0.695 e. The van der Waals surface area contributed by atoms with Crippen molar-refractivity contribution < 1.29 is 34.9 Å². The molecule has 0 saturated carbocycles. The van der Waals surface area contributed by atoms with E-state index in [1.807, 2.05) is 303 Å². The highest BCUT2D eigenvalue weighted by atomic mass is 28.5. The van der Waals surface area contributed by atoms with Crippen LogP contribution in [0.3, 0.4) is 0 Å². The maximum absolute atomic E-state index is 8.61. The zero-order valence-electron chi connectivity index (χ0n) is 45.3. The normalized spacial score (nSPS) is 15.7. The molecule has 18 heteroatoms. The monoisotopic (exact) mass is 1160 g/mol. The lowest BCUT2D eigenvalue weighted by molar-refractivity contribution is 0.215. The Bertz CT molecular complexity index is 3410. The lowest BCUT2D eigenvalue weighted by atomic mass is 10.1. The summed E-state index contributed by atoms with van der Waals surface area (Å²) < 4.78 is 65.2. The lowest BCUT2D eigenvalue weighted by Crippen LogP contribution is -2.81. The van der Waals surface area contributed by atoms with Crippen molar-refractivity contribution in [2.45, 2.75) is 0 Å². The fourth-order valence-corrected chi connectivity index (χ4v) is 27.6. The zero-order chi connectivity index (χ0) is 56.5. The number of aromatic amines is 2. The summed E-state index contributed by atoms with van der Waals surface area (Å²) in [5, 5.41) is 21.1. The molecule has 84 heavy (non-hydrogen) atoms. The third-order valence-corrected chi connectivity index (χ3v) is 30.1. The first kappa shape index (κ1) is 54.2. The van der Waals surface area contributed by atoms with Crippen LogP contribution in [0.1, 0.15) is 0 Å². The van der Waals surface area contributed by atoms with Gasteiger partial charge in [0.2, 0.25) is 0 Å². The van der Waals surface area contributed by atoms with E-state index in [1.54, 1.807) is 12.4 Å². The van der Waals surface area contributed by atoms with E-state index in [0.29, 0.717) is 34.0 Å². The van der Waals surface area contributed by atoms with Crippen LogP contribution in [0.4, 0.5) is 0 Å². The minimum Gasteiger partial charge on any atom is -0.512 e. The molecule has 0 radical (unpaired) electrons. The molecule has 12 aromatic rings. The van der Waals surface area contributed by atoms with Gasteiger partial charge in [0, 0.05) is 23.5 Å². The highest BCUT2D eigenvalue weighted by Gasteiger charge is 2.65. The van der Waals surface area contributed by atoms with E-state index >= 15 is 0 Å². The van der Waals surface area contributed by atoms with E-state index in [4.69, 9.17) is 34.9 Å². The van der Waals surface area contributed by atoms with Gasteiger partial charge in [0.25, 0.3) is 0 Å². The molecule has 10 aromatic carbocycles. The fraction of sp³-hybridized carbons (Fsp3) is 0. The van der Waals surface area contributed by atoms with Gasteiger partial charge in [0.15, 0.2) is 0 Å². The number of rotatable bonds is 14. The van der Waals surface area contributed by atoms with E-state index in [2.05, 4.69) is 20.4 Å². The molecular formula is C66H54B2N4O8Si4. The summed E-state index contributed by atoms with van der Waals surface area (Å²) in [6.07, 6.45) is 3.56. The Morgan fingerprint density at radius 1 is 0.262 bits per heavy atom. The van der Waals surface area contributed by atoms with Gasteiger partial charge in [0.05, 0.1) is 11.4 Å². The van der Waals surface area contributed by atoms with Crippen LogP contribution in [0.2, 0.25) is 0 Å². The first-order valence-electron chi connectivity index (χ1n) is 27.6. The van der Waals surface area contributed by atoms with Gasteiger partial charge in [-0.2, -0.15) is 10.2 Å². The number of H-pyrrole nitrogens is 2. The SMILES string of the molecule is c1ccc([Si]2(c3ccccc3)OB(Oc3ccccc3-c3cc[nH]n3)O[Si](c3ccccc3)(c3ccccc3)O[Si](c3ccccc3)(c3ccccc3)OB(Oc3ccccc3-c3cc[nH]n3)O[Si](c3ccccc3)(c3ccccc3)O2)cc1. The molecular weight excluding hydrogens is 1110 g/mol. The number of para-hydroxylation sites is 2. The topological polar surface area (TPSA) is 131 Å². The maximum atomic E-state index is 8.61. The van der Waals surface area contributed by atoms with Gasteiger partial charge in [-0.3, -0.25) is 10.2 Å². The van der Waals surface area contributed by atoms with Crippen LogP contribution in [0.15, 0.2) is 316 Å². The Labute approximate surface area is 492 Å². The first-order valence-corrected chi connectivity index (χ1v) is 34.9. The second-order valence-corrected chi connectivity index (χ2v) is 31.9. The molecule has 0 amide bonds. The van der Waals surface area contributed by atoms with Crippen LogP contribution in [0.25, 0.3) is 22.5 Å². The number of aromatic nitrogens is 4. The molecule has 0 spiro atoms. The van der Waals surface area contributed by atoms with Crippen LogP contribution >= 0.6 is 0 Å². The smallest absolute Gasteiger partial charge is 0.512 e. The molecule has 12 nitrogen and oxygen atoms in total. The van der Waals surface area contributed by atoms with Crippen LogP contribution in [0.5, 0.6) is 11.5 Å². The minimum atomic E-state index is -4.50. The van der Waals surface area contributed by atoms with E-state index in [1.165, 1.54) is 0 Å². The van der Waals surface area contributed by atoms with Crippen LogP contribution in [-0.4, -0.2) is 69.3 Å². The summed E-state index contributed by atoms with van der Waals surface area (Å²) >= 11 is 0. The average molecular weight is 1170 g/mol. The summed E-state index contributed by atoms with van der Waals surface area (Å²) in [6.45, 7) is 0. The predicted octanol–water partition coefficient (Wildman–Crippen LogP) is 8.03. The molecule has 13 rings (SSSR count). The average Bonchev–Trinajstić information content (AvgIpc) is 1.26. The predicted molar refractivity (Wildman–Crippen MR) is 339 cm³/mol. The number of hydrogen-bond donors (Lipinski definition) is 2. The second kappa shape index (κ2) is 24.4. The summed E-state index contributed by atoms with van der Waals surface area (Å²) in [6, 6.07) is 99.6. The van der Waals surface area contributed by atoms with E-state index in [9.17, 15) is 0 Å². The van der Waals surface area contributed by atoms with Crippen molar-refractivity contribution in [2.24, 2.45) is 0 Å². The quantitative estimate of drug-likeness (QED) is 0.103. The molecule has 1 aliphatic heterocycles. The van der Waals surface area contributed by atoms with Gasteiger partial charge < -0.3 is 34.9 Å². The molecule has 1 saturated heterocycles. The van der Waals surface area contributed by atoms with Crippen LogP contribution in [-0.2, 0) is 25.6 Å². The standard InChI is InChI=1S/C66H54B2N4O8Si4/c1-9-29-53(30-10-1)81(54-31-11-2-12-32-54)75-67(73-65-47-27-25-45-61(65)63-49-51-69-71-63)76-83(57-37-17-5-18-38-57,58-39-19-6-20-40-58)80-84(59-41-21-7-22-42-59,60-43-23-8-24-44-60)78-68(74-66-48-28-26-46-62(66)64-50-52-70-72-64)77-82(79-81,55-33-13-3-14-34-55)56-35-15-4-16-36-56/h1-52H,(H,69,71)(H,70,72). The van der Waals surface area contributed by atoms with Gasteiger partial charge >= 0.3 is 48.9 Å². The molecule has 0 unspecified atom stereocenters. The van der Waals surface area contributed by atoms with Gasteiger partial charge in [0.1, 0.15) is 11.5 Å². The maximum Gasteiger partial charge on any atom is 0.695 e. The summed E-state index contributed by atoms with van der Waals surface area (Å²) in [5.74, 6) is 0.853. The van der Waals surface area contributed by atoms with Gasteiger partial charge in [-0.05, 0) is 77.9 Å². The van der Waals surface area contributed by atoms with Gasteiger partial charge in [-0.15, -0.1) is 0 Å². The summed E-state index contributed by atoms with van der Waals surface area (Å²) in [5.41, 5.74) is 2.68. The van der Waals surface area contributed by atoms with Crippen molar-refractivity contribution in [1.82, 2.24) is 20.4 Å². The summed E-state index contributed by atoms with van der Waals surface area (Å²) in [7, 11) is -21.3. The summed E-state index contributed by atoms with van der Waals surface area (Å²) in [4.78, 5) is 0. The highest BCUT2D eigenvalue weighted by molar-refractivity contribution is 7.10. The molecule has 0 aliphatic carbocycles. The van der Waals surface area contributed by atoms with Crippen molar-refractivity contribution in [2.75, 3.05) is 0 Å².